The number of nitrogen functional groups attached to an aromatic ring is 1. The minimum atomic E-state index is 0.0455. The van der Waals surface area contributed by atoms with Crippen LogP contribution in [0.2, 0.25) is 0 Å². The van der Waals surface area contributed by atoms with Gasteiger partial charge >= 0.3 is 0 Å². The zero-order valence-electron chi connectivity index (χ0n) is 9.44. The second-order valence-corrected chi connectivity index (χ2v) is 4.22. The molecule has 0 radical (unpaired) electrons. The highest BCUT2D eigenvalue weighted by atomic mass is 16.1. The Hall–Kier alpha value is -1.71. The minimum Gasteiger partial charge on any atom is -0.399 e. The minimum absolute atomic E-state index is 0.0455. The number of rotatable bonds is 2. The molecule has 1 aromatic carbocycles. The topological polar surface area (TPSA) is 58.4 Å². The predicted octanol–water partition coefficient (Wildman–Crippen LogP) is 0.984. The summed E-state index contributed by atoms with van der Waals surface area (Å²) in [6, 6.07) is 8.12. The quantitative estimate of drug-likeness (QED) is 0.729. The standard InChI is InChI=1S/C12H17N3O/c1-9(16)14-11-6-7-15(8-11)12-4-2-10(13)3-5-12/h2-5,11H,6-8,13H2,1H3,(H,14,16)/t11-/m0/s1. The summed E-state index contributed by atoms with van der Waals surface area (Å²) in [5.74, 6) is 0.0455. The fourth-order valence-corrected chi connectivity index (χ4v) is 2.09. The van der Waals surface area contributed by atoms with E-state index in [9.17, 15) is 4.79 Å². The van der Waals surface area contributed by atoms with Crippen LogP contribution in [0, 0.1) is 0 Å². The molecule has 1 amide bonds. The third-order valence-electron chi connectivity index (χ3n) is 2.85. The molecule has 16 heavy (non-hydrogen) atoms. The molecule has 86 valence electrons. The van der Waals surface area contributed by atoms with E-state index >= 15 is 0 Å². The van der Waals surface area contributed by atoms with Crippen LogP contribution < -0.4 is 16.0 Å². The zero-order chi connectivity index (χ0) is 11.5. The maximum absolute atomic E-state index is 10.9. The normalized spacial score (nSPS) is 19.8. The highest BCUT2D eigenvalue weighted by Crippen LogP contribution is 2.21. The molecule has 0 aliphatic carbocycles. The van der Waals surface area contributed by atoms with Gasteiger partial charge in [0.25, 0.3) is 0 Å². The summed E-state index contributed by atoms with van der Waals surface area (Å²) >= 11 is 0. The van der Waals surface area contributed by atoms with Gasteiger partial charge in [-0.15, -0.1) is 0 Å². The number of hydrogen-bond acceptors (Lipinski definition) is 3. The van der Waals surface area contributed by atoms with Crippen LogP contribution in [-0.2, 0) is 4.79 Å². The maximum atomic E-state index is 10.9. The van der Waals surface area contributed by atoms with E-state index in [0.717, 1.165) is 25.2 Å². The van der Waals surface area contributed by atoms with Crippen LogP contribution in [0.15, 0.2) is 24.3 Å². The summed E-state index contributed by atoms with van der Waals surface area (Å²) in [6.07, 6.45) is 1.00. The SMILES string of the molecule is CC(=O)N[C@H]1CCN(c2ccc(N)cc2)C1. The Morgan fingerprint density at radius 1 is 1.44 bits per heavy atom. The first-order valence-corrected chi connectivity index (χ1v) is 5.53. The Balaban J connectivity index is 1.98. The van der Waals surface area contributed by atoms with E-state index in [0.29, 0.717) is 0 Å². The summed E-state index contributed by atoms with van der Waals surface area (Å²) in [7, 11) is 0. The Bertz CT molecular complexity index is 374. The summed E-state index contributed by atoms with van der Waals surface area (Å²) in [4.78, 5) is 13.2. The van der Waals surface area contributed by atoms with Crippen molar-refractivity contribution in [3.8, 4) is 0 Å². The third-order valence-corrected chi connectivity index (χ3v) is 2.85. The van der Waals surface area contributed by atoms with Crippen LogP contribution in [0.3, 0.4) is 0 Å². The number of carbonyl (C=O) groups is 1. The van der Waals surface area contributed by atoms with Crippen molar-refractivity contribution in [1.29, 1.82) is 0 Å². The first kappa shape index (κ1) is 10.8. The summed E-state index contributed by atoms with van der Waals surface area (Å²) in [5, 5.41) is 2.95. The number of benzene rings is 1. The zero-order valence-corrected chi connectivity index (χ0v) is 9.44. The second kappa shape index (κ2) is 4.43. The number of nitrogens with two attached hydrogens (primary N) is 1. The van der Waals surface area contributed by atoms with Crippen LogP contribution in [0.25, 0.3) is 0 Å². The van der Waals surface area contributed by atoms with Gasteiger partial charge in [-0.3, -0.25) is 4.79 Å². The van der Waals surface area contributed by atoms with E-state index in [1.807, 2.05) is 24.3 Å². The van der Waals surface area contributed by atoms with Gasteiger partial charge in [-0.05, 0) is 30.7 Å². The molecule has 3 N–H and O–H groups in total. The van der Waals surface area contributed by atoms with E-state index in [2.05, 4.69) is 10.2 Å². The molecule has 1 aliphatic heterocycles. The van der Waals surface area contributed by atoms with Crippen molar-refractivity contribution >= 4 is 17.3 Å². The van der Waals surface area contributed by atoms with Gasteiger partial charge < -0.3 is 16.0 Å². The average Bonchev–Trinajstić information content (AvgIpc) is 2.66. The number of nitrogens with one attached hydrogen (secondary N) is 1. The maximum Gasteiger partial charge on any atom is 0.217 e. The Morgan fingerprint density at radius 3 is 2.75 bits per heavy atom. The van der Waals surface area contributed by atoms with E-state index in [1.165, 1.54) is 5.69 Å². The van der Waals surface area contributed by atoms with Crippen LogP contribution in [0.5, 0.6) is 0 Å². The molecule has 1 fully saturated rings. The molecule has 1 aliphatic rings. The van der Waals surface area contributed by atoms with Gasteiger partial charge in [0, 0.05) is 37.4 Å². The molecule has 4 nitrogen and oxygen atoms in total. The van der Waals surface area contributed by atoms with Gasteiger partial charge in [-0.2, -0.15) is 0 Å². The molecule has 0 saturated carbocycles. The molecule has 1 aromatic rings. The molecule has 0 unspecified atom stereocenters. The van der Waals surface area contributed by atoms with Gasteiger partial charge in [0.1, 0.15) is 0 Å². The summed E-state index contributed by atoms with van der Waals surface area (Å²) in [6.45, 7) is 3.42. The number of carbonyl (C=O) groups excluding carboxylic acids is 1. The van der Waals surface area contributed by atoms with Crippen molar-refractivity contribution < 1.29 is 4.79 Å². The molecule has 1 atom stereocenters. The third kappa shape index (κ3) is 2.45. The van der Waals surface area contributed by atoms with E-state index in [-0.39, 0.29) is 11.9 Å². The number of anilines is 2. The molecule has 0 aromatic heterocycles. The van der Waals surface area contributed by atoms with E-state index in [4.69, 9.17) is 5.73 Å². The van der Waals surface area contributed by atoms with Gasteiger partial charge in [0.2, 0.25) is 5.91 Å². The Morgan fingerprint density at radius 2 is 2.12 bits per heavy atom. The van der Waals surface area contributed by atoms with Gasteiger partial charge in [0.15, 0.2) is 0 Å². The fourth-order valence-electron chi connectivity index (χ4n) is 2.09. The van der Waals surface area contributed by atoms with E-state index in [1.54, 1.807) is 6.92 Å². The molecule has 4 heteroatoms. The highest BCUT2D eigenvalue weighted by Gasteiger charge is 2.22. The monoisotopic (exact) mass is 219 g/mol. The molecular formula is C12H17N3O. The number of hydrogen-bond donors (Lipinski definition) is 2. The van der Waals surface area contributed by atoms with Gasteiger partial charge in [-0.25, -0.2) is 0 Å². The molecular weight excluding hydrogens is 202 g/mol. The first-order chi connectivity index (χ1) is 7.65. The lowest BCUT2D eigenvalue weighted by Gasteiger charge is -2.18. The molecule has 1 saturated heterocycles. The van der Waals surface area contributed by atoms with Crippen molar-refractivity contribution in [3.63, 3.8) is 0 Å². The highest BCUT2D eigenvalue weighted by molar-refractivity contribution is 5.73. The molecule has 0 spiro atoms. The number of amides is 1. The average molecular weight is 219 g/mol. The summed E-state index contributed by atoms with van der Waals surface area (Å²) < 4.78 is 0. The van der Waals surface area contributed by atoms with Gasteiger partial charge in [-0.1, -0.05) is 0 Å². The van der Waals surface area contributed by atoms with E-state index < -0.39 is 0 Å². The van der Waals surface area contributed by atoms with Crippen molar-refractivity contribution in [1.82, 2.24) is 5.32 Å². The predicted molar refractivity (Wildman–Crippen MR) is 65.3 cm³/mol. The van der Waals surface area contributed by atoms with Crippen molar-refractivity contribution in [3.05, 3.63) is 24.3 Å². The summed E-state index contributed by atoms with van der Waals surface area (Å²) in [5.41, 5.74) is 7.59. The van der Waals surface area contributed by atoms with Crippen LogP contribution in [-0.4, -0.2) is 25.0 Å². The lowest BCUT2D eigenvalue weighted by molar-refractivity contribution is -0.119. The molecule has 1 heterocycles. The second-order valence-electron chi connectivity index (χ2n) is 4.22. The lowest BCUT2D eigenvalue weighted by atomic mass is 10.2. The van der Waals surface area contributed by atoms with Crippen molar-refractivity contribution in [2.75, 3.05) is 23.7 Å². The molecule has 2 rings (SSSR count). The fraction of sp³-hybridized carbons (Fsp3) is 0.417. The molecule has 0 bridgehead atoms. The smallest absolute Gasteiger partial charge is 0.217 e. The van der Waals surface area contributed by atoms with Crippen LogP contribution >= 0.6 is 0 Å². The Kier molecular flexibility index (Phi) is 2.99. The first-order valence-electron chi connectivity index (χ1n) is 5.53. The Labute approximate surface area is 95.4 Å². The van der Waals surface area contributed by atoms with Crippen LogP contribution in [0.1, 0.15) is 13.3 Å². The van der Waals surface area contributed by atoms with Crippen LogP contribution in [0.4, 0.5) is 11.4 Å². The van der Waals surface area contributed by atoms with Crippen molar-refractivity contribution in [2.24, 2.45) is 0 Å². The number of nitrogens with zero attached hydrogens (tertiary/aromatic N) is 1. The largest absolute Gasteiger partial charge is 0.399 e. The van der Waals surface area contributed by atoms with Crippen molar-refractivity contribution in [2.45, 2.75) is 19.4 Å². The lowest BCUT2D eigenvalue weighted by Crippen LogP contribution is -2.35. The van der Waals surface area contributed by atoms with Gasteiger partial charge in [0.05, 0.1) is 0 Å².